The highest BCUT2D eigenvalue weighted by Gasteiger charge is 2.25. The quantitative estimate of drug-likeness (QED) is 0.0211. The number of ether oxygens (including phenoxy) is 4. The third kappa shape index (κ3) is 56.7. The van der Waals surface area contributed by atoms with Crippen molar-refractivity contribution in [3.05, 3.63) is 60.8 Å². The number of hydrogen-bond acceptors (Lipinski definition) is 7. The standard InChI is InChI=1S/C65H117NO8/c1-6-8-10-12-14-16-18-20-22-24-25-26-27-28-29-30-31-32-33-34-35-36-37-38-39-40-42-44-46-48-50-52-54-56-63(68)74-61(60-73-65(64(69)70)71-58-57-66(3,4)5)59-72-62(67)55-53-51-49-47-45-43-41-23-21-19-17-15-13-11-9-7-2/h17-20,23-25,27-28,41,61,65H,6-16,21-22,26,29-40,42-60H2,1-5H3/p+1/b19-17-,20-18-,25-24-,28-27-,41-23-. The number of carbonyl (C=O) groups excluding carboxylic acids is 2. The fourth-order valence-electron chi connectivity index (χ4n) is 8.70. The summed E-state index contributed by atoms with van der Waals surface area (Å²) < 4.78 is 22.9. The Balaban J connectivity index is 4.11. The van der Waals surface area contributed by atoms with Gasteiger partial charge >= 0.3 is 17.9 Å². The van der Waals surface area contributed by atoms with Crippen LogP contribution >= 0.6 is 0 Å². The van der Waals surface area contributed by atoms with Crippen molar-refractivity contribution < 1.29 is 42.9 Å². The predicted octanol–water partition coefficient (Wildman–Crippen LogP) is 18.4. The van der Waals surface area contributed by atoms with Crippen molar-refractivity contribution in [3.63, 3.8) is 0 Å². The lowest BCUT2D eigenvalue weighted by Gasteiger charge is -2.25. The van der Waals surface area contributed by atoms with E-state index in [-0.39, 0.29) is 38.6 Å². The molecule has 0 aromatic rings. The molecule has 0 aliphatic carbocycles. The van der Waals surface area contributed by atoms with E-state index in [1.165, 1.54) is 173 Å². The van der Waals surface area contributed by atoms with E-state index in [0.717, 1.165) is 77.0 Å². The number of unbranched alkanes of at least 4 members (excludes halogenated alkanes) is 32. The summed E-state index contributed by atoms with van der Waals surface area (Å²) in [5.74, 6) is -2.01. The number of hydrogen-bond donors (Lipinski definition) is 1. The van der Waals surface area contributed by atoms with Crippen molar-refractivity contribution in [2.45, 2.75) is 289 Å². The Bertz CT molecular complexity index is 1400. The molecule has 0 aliphatic heterocycles. The van der Waals surface area contributed by atoms with E-state index in [1.807, 2.05) is 21.1 Å². The van der Waals surface area contributed by atoms with Gasteiger partial charge in [-0.05, 0) is 83.5 Å². The van der Waals surface area contributed by atoms with E-state index < -0.39 is 24.3 Å². The van der Waals surface area contributed by atoms with Gasteiger partial charge < -0.3 is 28.5 Å². The Kier molecular flexibility index (Phi) is 53.9. The lowest BCUT2D eigenvalue weighted by molar-refractivity contribution is -0.870. The fourth-order valence-corrected chi connectivity index (χ4v) is 8.70. The molecular weight excluding hydrogens is 923 g/mol. The Morgan fingerprint density at radius 1 is 0.405 bits per heavy atom. The van der Waals surface area contributed by atoms with Crippen molar-refractivity contribution in [1.82, 2.24) is 0 Å². The molecule has 0 saturated carbocycles. The molecule has 9 nitrogen and oxygen atoms in total. The van der Waals surface area contributed by atoms with Crippen LogP contribution in [0, 0.1) is 0 Å². The molecule has 0 aliphatic rings. The zero-order valence-electron chi connectivity index (χ0n) is 49.0. The molecule has 0 heterocycles. The minimum Gasteiger partial charge on any atom is -0.477 e. The maximum absolute atomic E-state index is 12.9. The largest absolute Gasteiger partial charge is 0.477 e. The first-order valence-corrected chi connectivity index (χ1v) is 31.0. The van der Waals surface area contributed by atoms with Crippen LogP contribution in [0.25, 0.3) is 0 Å². The van der Waals surface area contributed by atoms with Gasteiger partial charge in [0.2, 0.25) is 0 Å². The first-order chi connectivity index (χ1) is 36.1. The Labute approximate surface area is 456 Å². The molecule has 0 rings (SSSR count). The van der Waals surface area contributed by atoms with Gasteiger partial charge in [-0.1, -0.05) is 242 Å². The summed E-state index contributed by atoms with van der Waals surface area (Å²) in [5.41, 5.74) is 0. The topological polar surface area (TPSA) is 108 Å². The molecule has 0 spiro atoms. The molecule has 0 saturated heterocycles. The lowest BCUT2D eigenvalue weighted by Crippen LogP contribution is -2.40. The number of nitrogens with zero attached hydrogens (tertiary/aromatic N) is 1. The van der Waals surface area contributed by atoms with Crippen molar-refractivity contribution in [2.24, 2.45) is 0 Å². The van der Waals surface area contributed by atoms with Gasteiger partial charge in [0.1, 0.15) is 13.2 Å². The molecular formula is C65H118NO8+. The molecule has 2 atom stereocenters. The third-order valence-corrected chi connectivity index (χ3v) is 13.5. The second-order valence-corrected chi connectivity index (χ2v) is 22.0. The zero-order valence-corrected chi connectivity index (χ0v) is 49.0. The van der Waals surface area contributed by atoms with Gasteiger partial charge in [0.15, 0.2) is 6.10 Å². The molecule has 0 aromatic carbocycles. The molecule has 74 heavy (non-hydrogen) atoms. The Morgan fingerprint density at radius 3 is 1.09 bits per heavy atom. The predicted molar refractivity (Wildman–Crippen MR) is 313 cm³/mol. The summed E-state index contributed by atoms with van der Waals surface area (Å²) in [6.45, 7) is 4.85. The van der Waals surface area contributed by atoms with Gasteiger partial charge in [-0.2, -0.15) is 0 Å². The SMILES string of the molecule is CCCCCC/C=C\C/C=C\CCCCCCCC(=O)OCC(COC(OCC[N+](C)(C)C)C(=O)O)OC(=O)CCCCCCCCCCCCCCCCCCCC/C=C\C/C=C\C/C=C\CCCCCCC. The average Bonchev–Trinajstić information content (AvgIpc) is 3.37. The van der Waals surface area contributed by atoms with E-state index in [4.69, 9.17) is 18.9 Å². The molecule has 0 bridgehead atoms. The van der Waals surface area contributed by atoms with Gasteiger partial charge in [0.25, 0.3) is 6.29 Å². The van der Waals surface area contributed by atoms with Crippen LogP contribution in [-0.2, 0) is 33.3 Å². The van der Waals surface area contributed by atoms with Crippen LogP contribution in [0.4, 0.5) is 0 Å². The van der Waals surface area contributed by atoms with Gasteiger partial charge in [-0.25, -0.2) is 4.79 Å². The highest BCUT2D eigenvalue weighted by Crippen LogP contribution is 2.17. The minimum atomic E-state index is -1.51. The first-order valence-electron chi connectivity index (χ1n) is 31.0. The maximum Gasteiger partial charge on any atom is 0.361 e. The normalized spacial score (nSPS) is 13.1. The monoisotopic (exact) mass is 1040 g/mol. The number of carbonyl (C=O) groups is 3. The van der Waals surface area contributed by atoms with Crippen LogP contribution in [0.3, 0.4) is 0 Å². The van der Waals surface area contributed by atoms with Crippen molar-refractivity contribution in [2.75, 3.05) is 47.5 Å². The Morgan fingerprint density at radius 2 is 0.730 bits per heavy atom. The highest BCUT2D eigenvalue weighted by molar-refractivity contribution is 5.71. The van der Waals surface area contributed by atoms with E-state index in [2.05, 4.69) is 74.6 Å². The zero-order chi connectivity index (χ0) is 54.1. The van der Waals surface area contributed by atoms with Crippen molar-refractivity contribution >= 4 is 17.9 Å². The van der Waals surface area contributed by atoms with Crippen LogP contribution in [0.15, 0.2) is 60.8 Å². The van der Waals surface area contributed by atoms with Gasteiger partial charge in [0.05, 0.1) is 34.4 Å². The maximum atomic E-state index is 12.9. The lowest BCUT2D eigenvalue weighted by atomic mass is 10.0. The average molecular weight is 1040 g/mol. The van der Waals surface area contributed by atoms with E-state index in [9.17, 15) is 19.5 Å². The minimum absolute atomic E-state index is 0.185. The summed E-state index contributed by atoms with van der Waals surface area (Å²) >= 11 is 0. The molecule has 430 valence electrons. The molecule has 0 amide bonds. The smallest absolute Gasteiger partial charge is 0.361 e. The molecule has 2 unspecified atom stereocenters. The van der Waals surface area contributed by atoms with Crippen LogP contribution in [0.2, 0.25) is 0 Å². The van der Waals surface area contributed by atoms with E-state index >= 15 is 0 Å². The second kappa shape index (κ2) is 56.2. The Hall–Kier alpha value is -3.01. The highest BCUT2D eigenvalue weighted by atomic mass is 16.7. The number of carboxylic acid groups (broad SMARTS) is 1. The molecule has 0 aromatic heterocycles. The van der Waals surface area contributed by atoms with Gasteiger partial charge in [-0.15, -0.1) is 0 Å². The van der Waals surface area contributed by atoms with Crippen LogP contribution in [0.5, 0.6) is 0 Å². The van der Waals surface area contributed by atoms with Crippen LogP contribution in [0.1, 0.15) is 277 Å². The van der Waals surface area contributed by atoms with Crippen molar-refractivity contribution in [3.8, 4) is 0 Å². The number of rotatable bonds is 57. The van der Waals surface area contributed by atoms with Crippen LogP contribution < -0.4 is 0 Å². The summed E-state index contributed by atoms with van der Waals surface area (Å²) in [7, 11) is 5.97. The van der Waals surface area contributed by atoms with E-state index in [0.29, 0.717) is 11.0 Å². The van der Waals surface area contributed by atoms with Crippen molar-refractivity contribution in [1.29, 1.82) is 0 Å². The molecule has 1 N–H and O–H groups in total. The number of allylic oxidation sites excluding steroid dienone is 10. The fraction of sp³-hybridized carbons (Fsp3) is 0.800. The number of esters is 2. The summed E-state index contributed by atoms with van der Waals surface area (Å²) in [6, 6.07) is 0. The number of quaternary nitrogens is 1. The summed E-state index contributed by atoms with van der Waals surface area (Å²) in [6.07, 6.45) is 68.9. The molecule has 0 fully saturated rings. The summed E-state index contributed by atoms with van der Waals surface area (Å²) in [4.78, 5) is 37.4. The molecule has 9 heteroatoms. The first kappa shape index (κ1) is 71.0. The molecule has 0 radical (unpaired) electrons. The third-order valence-electron chi connectivity index (χ3n) is 13.5. The number of aliphatic carboxylic acids is 1. The second-order valence-electron chi connectivity index (χ2n) is 22.0. The van der Waals surface area contributed by atoms with Gasteiger partial charge in [-0.3, -0.25) is 9.59 Å². The number of carboxylic acids is 1. The van der Waals surface area contributed by atoms with Gasteiger partial charge in [0, 0.05) is 12.8 Å². The van der Waals surface area contributed by atoms with E-state index in [1.54, 1.807) is 0 Å². The number of likely N-dealkylation sites (N-methyl/N-ethyl adjacent to an activating group) is 1. The summed E-state index contributed by atoms with van der Waals surface area (Å²) in [5, 5.41) is 9.70. The van der Waals surface area contributed by atoms with Crippen LogP contribution in [-0.4, -0.2) is 87.4 Å².